The molecule has 2 rings (SSSR count). The maximum atomic E-state index is 12.5. The van der Waals surface area contributed by atoms with Crippen LogP contribution in [-0.4, -0.2) is 30.9 Å². The Hall–Kier alpha value is -1.06. The van der Waals surface area contributed by atoms with Crippen molar-refractivity contribution in [1.82, 2.24) is 10.2 Å². The third-order valence-corrected chi connectivity index (χ3v) is 4.14. The molecule has 0 saturated carbocycles. The molecule has 2 atom stereocenters. The van der Waals surface area contributed by atoms with E-state index in [2.05, 4.69) is 5.32 Å². The zero-order valence-electron chi connectivity index (χ0n) is 11.5. The Kier molecular flexibility index (Phi) is 4.83. The molecule has 2 unspecified atom stereocenters. The van der Waals surface area contributed by atoms with Crippen molar-refractivity contribution in [1.29, 1.82) is 0 Å². The van der Waals surface area contributed by atoms with Crippen LogP contribution >= 0.6 is 11.6 Å². The van der Waals surface area contributed by atoms with E-state index in [1.54, 1.807) is 0 Å². The van der Waals surface area contributed by atoms with Crippen molar-refractivity contribution in [3.63, 3.8) is 0 Å². The van der Waals surface area contributed by atoms with Gasteiger partial charge in [0, 0.05) is 18.6 Å². The van der Waals surface area contributed by atoms with Crippen LogP contribution in [0.25, 0.3) is 0 Å². The number of carbonyl (C=O) groups is 1. The lowest BCUT2D eigenvalue weighted by molar-refractivity contribution is -0.136. The van der Waals surface area contributed by atoms with E-state index in [-0.39, 0.29) is 17.9 Å². The quantitative estimate of drug-likeness (QED) is 0.923. The van der Waals surface area contributed by atoms with Gasteiger partial charge in [0.1, 0.15) is 0 Å². The van der Waals surface area contributed by atoms with Gasteiger partial charge < -0.3 is 10.2 Å². The zero-order valence-corrected chi connectivity index (χ0v) is 12.3. The molecule has 19 heavy (non-hydrogen) atoms. The first-order valence-electron chi connectivity index (χ1n) is 6.82. The van der Waals surface area contributed by atoms with Crippen molar-refractivity contribution in [2.45, 2.75) is 25.8 Å². The minimum atomic E-state index is 0.0492. The fourth-order valence-electron chi connectivity index (χ4n) is 2.53. The van der Waals surface area contributed by atoms with Crippen LogP contribution in [0.15, 0.2) is 24.3 Å². The highest BCUT2D eigenvalue weighted by Crippen LogP contribution is 2.24. The van der Waals surface area contributed by atoms with Gasteiger partial charge >= 0.3 is 0 Å². The molecule has 3 nitrogen and oxygen atoms in total. The largest absolute Gasteiger partial charge is 0.339 e. The zero-order chi connectivity index (χ0) is 13.8. The third kappa shape index (κ3) is 3.48. The molecule has 4 heteroatoms. The van der Waals surface area contributed by atoms with Crippen molar-refractivity contribution in [3.05, 3.63) is 34.9 Å². The van der Waals surface area contributed by atoms with Crippen molar-refractivity contribution in [2.75, 3.05) is 20.1 Å². The number of piperidine rings is 1. The number of nitrogens with zero attached hydrogens (tertiary/aromatic N) is 1. The highest BCUT2D eigenvalue weighted by Gasteiger charge is 2.26. The first kappa shape index (κ1) is 14.4. The number of amides is 1. The standard InChI is InChI=1S/C15H21ClN2O/c1-11(12-5-3-7-14(16)9-12)18(2)15(19)13-6-4-8-17-10-13/h3,5,7,9,11,13,17H,4,6,8,10H2,1-2H3. The molecular weight excluding hydrogens is 260 g/mol. The molecule has 0 aromatic heterocycles. The van der Waals surface area contributed by atoms with Gasteiger partial charge in [-0.05, 0) is 44.0 Å². The van der Waals surface area contributed by atoms with Crippen LogP contribution in [0.5, 0.6) is 0 Å². The van der Waals surface area contributed by atoms with Crippen molar-refractivity contribution in [2.24, 2.45) is 5.92 Å². The van der Waals surface area contributed by atoms with Gasteiger partial charge in [0.25, 0.3) is 0 Å². The Morgan fingerprint density at radius 2 is 2.32 bits per heavy atom. The number of hydrogen-bond acceptors (Lipinski definition) is 2. The van der Waals surface area contributed by atoms with Gasteiger partial charge in [0.2, 0.25) is 5.91 Å². The molecule has 1 fully saturated rings. The summed E-state index contributed by atoms with van der Waals surface area (Å²) in [6.45, 7) is 3.86. The molecule has 0 aliphatic carbocycles. The monoisotopic (exact) mass is 280 g/mol. The Bertz CT molecular complexity index is 444. The van der Waals surface area contributed by atoms with E-state index in [9.17, 15) is 4.79 Å². The third-order valence-electron chi connectivity index (χ3n) is 3.91. The van der Waals surface area contributed by atoms with E-state index in [0.717, 1.165) is 31.5 Å². The Morgan fingerprint density at radius 1 is 1.53 bits per heavy atom. The number of rotatable bonds is 3. The molecule has 1 aromatic carbocycles. The van der Waals surface area contributed by atoms with Gasteiger partial charge in [-0.25, -0.2) is 0 Å². The Labute approximate surface area is 119 Å². The average Bonchev–Trinajstić information content (AvgIpc) is 2.46. The smallest absolute Gasteiger partial charge is 0.227 e. The molecular formula is C15H21ClN2O. The van der Waals surface area contributed by atoms with Crippen LogP contribution in [0, 0.1) is 5.92 Å². The van der Waals surface area contributed by atoms with E-state index in [1.165, 1.54) is 0 Å². The fourth-order valence-corrected chi connectivity index (χ4v) is 2.73. The summed E-state index contributed by atoms with van der Waals surface area (Å²) in [5.41, 5.74) is 1.08. The number of carbonyl (C=O) groups excluding carboxylic acids is 1. The molecule has 1 aliphatic rings. The first-order valence-corrected chi connectivity index (χ1v) is 7.20. The molecule has 0 spiro atoms. The lowest BCUT2D eigenvalue weighted by Crippen LogP contribution is -2.42. The summed E-state index contributed by atoms with van der Waals surface area (Å²) in [6, 6.07) is 7.77. The van der Waals surface area contributed by atoms with E-state index in [1.807, 2.05) is 43.1 Å². The first-order chi connectivity index (χ1) is 9.09. The van der Waals surface area contributed by atoms with E-state index >= 15 is 0 Å². The maximum Gasteiger partial charge on any atom is 0.227 e. The number of nitrogens with one attached hydrogen (secondary N) is 1. The van der Waals surface area contributed by atoms with Crippen LogP contribution in [0.3, 0.4) is 0 Å². The van der Waals surface area contributed by atoms with Gasteiger partial charge in [0.05, 0.1) is 12.0 Å². The second kappa shape index (κ2) is 6.40. The molecule has 0 radical (unpaired) electrons. The predicted octanol–water partition coefficient (Wildman–Crippen LogP) is 2.86. The number of halogens is 1. The summed E-state index contributed by atoms with van der Waals surface area (Å²) >= 11 is 6.01. The van der Waals surface area contributed by atoms with Gasteiger partial charge in [-0.15, -0.1) is 0 Å². The topological polar surface area (TPSA) is 32.3 Å². The van der Waals surface area contributed by atoms with Gasteiger partial charge in [-0.1, -0.05) is 23.7 Å². The second-order valence-corrected chi connectivity index (χ2v) is 5.66. The normalized spacial score (nSPS) is 20.9. The van der Waals surface area contributed by atoms with Gasteiger partial charge in [0.15, 0.2) is 0 Å². The molecule has 1 N–H and O–H groups in total. The molecule has 1 heterocycles. The van der Waals surface area contributed by atoms with Crippen LogP contribution in [0.1, 0.15) is 31.4 Å². The molecule has 1 amide bonds. The lowest BCUT2D eigenvalue weighted by Gasteiger charge is -2.31. The summed E-state index contributed by atoms with van der Waals surface area (Å²) in [4.78, 5) is 14.3. The molecule has 1 aliphatic heterocycles. The maximum absolute atomic E-state index is 12.5. The summed E-state index contributed by atoms with van der Waals surface area (Å²) in [5.74, 6) is 0.333. The summed E-state index contributed by atoms with van der Waals surface area (Å²) in [6.07, 6.45) is 2.06. The predicted molar refractivity (Wildman–Crippen MR) is 78.2 cm³/mol. The highest BCUT2D eigenvalue weighted by atomic mass is 35.5. The summed E-state index contributed by atoms with van der Waals surface area (Å²) < 4.78 is 0. The molecule has 1 saturated heterocycles. The van der Waals surface area contributed by atoms with Crippen LogP contribution < -0.4 is 5.32 Å². The number of hydrogen-bond donors (Lipinski definition) is 1. The second-order valence-electron chi connectivity index (χ2n) is 5.22. The summed E-state index contributed by atoms with van der Waals surface area (Å²) in [7, 11) is 1.88. The lowest BCUT2D eigenvalue weighted by atomic mass is 9.97. The highest BCUT2D eigenvalue weighted by molar-refractivity contribution is 6.30. The van der Waals surface area contributed by atoms with E-state index < -0.39 is 0 Å². The Balaban J connectivity index is 2.05. The molecule has 0 bridgehead atoms. The molecule has 1 aromatic rings. The number of benzene rings is 1. The molecule has 104 valence electrons. The van der Waals surface area contributed by atoms with Crippen LogP contribution in [0.2, 0.25) is 5.02 Å². The van der Waals surface area contributed by atoms with Crippen molar-refractivity contribution >= 4 is 17.5 Å². The SMILES string of the molecule is CC(c1cccc(Cl)c1)N(C)C(=O)C1CCCNC1. The minimum Gasteiger partial charge on any atom is -0.339 e. The fraction of sp³-hybridized carbons (Fsp3) is 0.533. The minimum absolute atomic E-state index is 0.0492. The van der Waals surface area contributed by atoms with Crippen LogP contribution in [0.4, 0.5) is 0 Å². The van der Waals surface area contributed by atoms with Crippen LogP contribution in [-0.2, 0) is 4.79 Å². The van der Waals surface area contributed by atoms with Gasteiger partial charge in [-0.2, -0.15) is 0 Å². The van der Waals surface area contributed by atoms with Crippen molar-refractivity contribution in [3.8, 4) is 0 Å². The summed E-state index contributed by atoms with van der Waals surface area (Å²) in [5, 5.41) is 4.00. The van der Waals surface area contributed by atoms with E-state index in [4.69, 9.17) is 11.6 Å². The Morgan fingerprint density at radius 3 is 2.95 bits per heavy atom. The average molecular weight is 281 g/mol. The van der Waals surface area contributed by atoms with E-state index in [0.29, 0.717) is 5.02 Å². The van der Waals surface area contributed by atoms with Crippen molar-refractivity contribution < 1.29 is 4.79 Å². The van der Waals surface area contributed by atoms with Gasteiger partial charge in [-0.3, -0.25) is 4.79 Å².